The fourth-order valence-corrected chi connectivity index (χ4v) is 4.08. The van der Waals surface area contributed by atoms with E-state index < -0.39 is 0 Å². The Hall–Kier alpha value is -3.38. The Kier molecular flexibility index (Phi) is 6.18. The number of likely N-dealkylation sites (tertiary alicyclic amines) is 1. The molecule has 1 fully saturated rings. The Morgan fingerprint density at radius 2 is 1.74 bits per heavy atom. The lowest BCUT2D eigenvalue weighted by molar-refractivity contribution is -0.122. The summed E-state index contributed by atoms with van der Waals surface area (Å²) in [4.78, 5) is 13.7. The molecule has 0 saturated carbocycles. The number of carbonyl (C=O) groups excluding carboxylic acids is 1. The number of nitrogens with two attached hydrogens (primary N) is 1. The number of hydrogen-bond donors (Lipinski definition) is 2. The molecule has 1 aliphatic rings. The number of halogens is 1. The van der Waals surface area contributed by atoms with Gasteiger partial charge in [-0.15, -0.1) is 0 Å². The van der Waals surface area contributed by atoms with E-state index in [2.05, 4.69) is 0 Å². The molecular weight excluding hydrogens is 395 g/mol. The van der Waals surface area contributed by atoms with E-state index in [1.165, 1.54) is 6.07 Å². The van der Waals surface area contributed by atoms with Crippen LogP contribution in [0.3, 0.4) is 0 Å². The highest BCUT2D eigenvalue weighted by molar-refractivity contribution is 5.80. The Labute approximate surface area is 180 Å². The SMILES string of the molecule is NC(=O)[C@@H]1CCCN1Cc1cccc(-c2ccccc2OCc2ccccc2F)c1O. The fourth-order valence-electron chi connectivity index (χ4n) is 4.08. The van der Waals surface area contributed by atoms with Gasteiger partial charge in [-0.25, -0.2) is 4.39 Å². The molecule has 3 N–H and O–H groups in total. The van der Waals surface area contributed by atoms with Crippen LogP contribution < -0.4 is 10.5 Å². The summed E-state index contributed by atoms with van der Waals surface area (Å²) in [5.74, 6) is 0.0356. The molecule has 0 spiro atoms. The summed E-state index contributed by atoms with van der Waals surface area (Å²) in [5.41, 5.74) is 8.04. The van der Waals surface area contributed by atoms with Crippen molar-refractivity contribution in [3.8, 4) is 22.6 Å². The number of amides is 1. The van der Waals surface area contributed by atoms with Gasteiger partial charge in [0.15, 0.2) is 0 Å². The summed E-state index contributed by atoms with van der Waals surface area (Å²) in [7, 11) is 0. The Morgan fingerprint density at radius 3 is 2.55 bits per heavy atom. The van der Waals surface area contributed by atoms with Crippen LogP contribution >= 0.6 is 0 Å². The van der Waals surface area contributed by atoms with Crippen molar-refractivity contribution in [2.24, 2.45) is 5.73 Å². The first kappa shape index (κ1) is 20.9. The number of para-hydroxylation sites is 2. The quantitative estimate of drug-likeness (QED) is 0.600. The van der Waals surface area contributed by atoms with Gasteiger partial charge in [0, 0.05) is 28.8 Å². The largest absolute Gasteiger partial charge is 0.507 e. The molecule has 5 nitrogen and oxygen atoms in total. The van der Waals surface area contributed by atoms with Crippen molar-refractivity contribution in [2.45, 2.75) is 32.0 Å². The second-order valence-corrected chi connectivity index (χ2v) is 7.72. The zero-order valence-corrected chi connectivity index (χ0v) is 17.1. The van der Waals surface area contributed by atoms with Crippen LogP contribution in [0, 0.1) is 5.82 Å². The molecule has 1 amide bonds. The lowest BCUT2D eigenvalue weighted by atomic mass is 10.00. The molecule has 160 valence electrons. The van der Waals surface area contributed by atoms with Gasteiger partial charge in [0.2, 0.25) is 5.91 Å². The van der Waals surface area contributed by atoms with Crippen molar-refractivity contribution in [3.63, 3.8) is 0 Å². The minimum atomic E-state index is -0.333. The molecule has 1 atom stereocenters. The highest BCUT2D eigenvalue weighted by atomic mass is 19.1. The third kappa shape index (κ3) is 4.54. The number of hydrogen-bond acceptors (Lipinski definition) is 4. The standard InChI is InChI=1S/C25H25FN2O3/c26-21-11-3-1-7-18(21)16-31-23-13-4-2-9-19(23)20-10-5-8-17(24(20)29)15-28-14-6-12-22(28)25(27)30/h1-5,7-11,13,22,29H,6,12,14-16H2,(H2,27,30)/t22-/m0/s1. The van der Waals surface area contributed by atoms with Crippen LogP contribution in [0.25, 0.3) is 11.1 Å². The van der Waals surface area contributed by atoms with Gasteiger partial charge in [0.25, 0.3) is 0 Å². The van der Waals surface area contributed by atoms with E-state index in [1.807, 2.05) is 41.3 Å². The highest BCUT2D eigenvalue weighted by Gasteiger charge is 2.29. The summed E-state index contributed by atoms with van der Waals surface area (Å²) in [6.07, 6.45) is 1.64. The van der Waals surface area contributed by atoms with Gasteiger partial charge >= 0.3 is 0 Å². The molecule has 0 radical (unpaired) electrons. The van der Waals surface area contributed by atoms with Crippen molar-refractivity contribution >= 4 is 5.91 Å². The van der Waals surface area contributed by atoms with Gasteiger partial charge in [0.1, 0.15) is 23.9 Å². The van der Waals surface area contributed by atoms with E-state index >= 15 is 0 Å². The zero-order valence-electron chi connectivity index (χ0n) is 17.1. The molecule has 0 aliphatic carbocycles. The summed E-state index contributed by atoms with van der Waals surface area (Å²) in [6, 6.07) is 19.1. The number of rotatable bonds is 7. The Bertz CT molecular complexity index is 1090. The highest BCUT2D eigenvalue weighted by Crippen LogP contribution is 2.38. The maximum Gasteiger partial charge on any atom is 0.234 e. The molecule has 1 aliphatic heterocycles. The van der Waals surface area contributed by atoms with Crippen molar-refractivity contribution < 1.29 is 19.0 Å². The van der Waals surface area contributed by atoms with Crippen molar-refractivity contribution in [2.75, 3.05) is 6.54 Å². The number of nitrogens with zero attached hydrogens (tertiary/aromatic N) is 1. The van der Waals surface area contributed by atoms with Gasteiger partial charge in [-0.1, -0.05) is 54.6 Å². The molecule has 0 unspecified atom stereocenters. The summed E-state index contributed by atoms with van der Waals surface area (Å²) >= 11 is 0. The van der Waals surface area contributed by atoms with E-state index in [4.69, 9.17) is 10.5 Å². The predicted octanol–water partition coefficient (Wildman–Crippen LogP) is 4.23. The average molecular weight is 420 g/mol. The van der Waals surface area contributed by atoms with Crippen LogP contribution in [0.2, 0.25) is 0 Å². The first-order valence-electron chi connectivity index (χ1n) is 10.3. The molecule has 1 heterocycles. The Balaban J connectivity index is 1.60. The second kappa shape index (κ2) is 9.18. The van der Waals surface area contributed by atoms with Crippen LogP contribution in [-0.4, -0.2) is 28.5 Å². The summed E-state index contributed by atoms with van der Waals surface area (Å²) in [5, 5.41) is 11.0. The second-order valence-electron chi connectivity index (χ2n) is 7.72. The number of primary amides is 1. The third-order valence-electron chi connectivity index (χ3n) is 5.70. The monoisotopic (exact) mass is 420 g/mol. The van der Waals surface area contributed by atoms with E-state index in [0.717, 1.165) is 24.9 Å². The normalized spacial score (nSPS) is 16.4. The van der Waals surface area contributed by atoms with Gasteiger partial charge in [-0.05, 0) is 31.5 Å². The number of phenols is 1. The fraction of sp³-hybridized carbons (Fsp3) is 0.240. The van der Waals surface area contributed by atoms with E-state index in [-0.39, 0.29) is 30.1 Å². The van der Waals surface area contributed by atoms with Crippen molar-refractivity contribution in [3.05, 3.63) is 83.7 Å². The first-order valence-corrected chi connectivity index (χ1v) is 10.3. The van der Waals surface area contributed by atoms with Gasteiger partial charge in [-0.3, -0.25) is 9.69 Å². The van der Waals surface area contributed by atoms with Crippen LogP contribution in [0.5, 0.6) is 11.5 Å². The predicted molar refractivity (Wildman–Crippen MR) is 117 cm³/mol. The van der Waals surface area contributed by atoms with Crippen LogP contribution in [-0.2, 0) is 17.9 Å². The van der Waals surface area contributed by atoms with E-state index in [0.29, 0.717) is 29.0 Å². The lowest BCUT2D eigenvalue weighted by Crippen LogP contribution is -2.39. The first-order chi connectivity index (χ1) is 15.0. The van der Waals surface area contributed by atoms with E-state index in [9.17, 15) is 14.3 Å². The maximum absolute atomic E-state index is 14.0. The average Bonchev–Trinajstić information content (AvgIpc) is 3.24. The molecule has 6 heteroatoms. The maximum atomic E-state index is 14.0. The molecular formula is C25H25FN2O3. The van der Waals surface area contributed by atoms with Crippen LogP contribution in [0.4, 0.5) is 4.39 Å². The minimum absolute atomic E-state index is 0.0816. The third-order valence-corrected chi connectivity index (χ3v) is 5.70. The topological polar surface area (TPSA) is 75.8 Å². The molecule has 4 rings (SSSR count). The lowest BCUT2D eigenvalue weighted by Gasteiger charge is -2.23. The molecule has 0 bridgehead atoms. The Morgan fingerprint density at radius 1 is 1.03 bits per heavy atom. The number of carbonyl (C=O) groups is 1. The van der Waals surface area contributed by atoms with Gasteiger partial charge in [-0.2, -0.15) is 0 Å². The molecule has 31 heavy (non-hydrogen) atoms. The van der Waals surface area contributed by atoms with Crippen LogP contribution in [0.15, 0.2) is 66.7 Å². The molecule has 3 aromatic carbocycles. The van der Waals surface area contributed by atoms with Crippen molar-refractivity contribution in [1.29, 1.82) is 0 Å². The number of benzene rings is 3. The smallest absolute Gasteiger partial charge is 0.234 e. The van der Waals surface area contributed by atoms with Crippen LogP contribution in [0.1, 0.15) is 24.0 Å². The molecule has 1 saturated heterocycles. The summed E-state index contributed by atoms with van der Waals surface area (Å²) in [6.45, 7) is 1.28. The summed E-state index contributed by atoms with van der Waals surface area (Å²) < 4.78 is 19.9. The van der Waals surface area contributed by atoms with Gasteiger partial charge in [0.05, 0.1) is 6.04 Å². The zero-order chi connectivity index (χ0) is 21.8. The number of aromatic hydroxyl groups is 1. The van der Waals surface area contributed by atoms with E-state index in [1.54, 1.807) is 24.3 Å². The minimum Gasteiger partial charge on any atom is -0.507 e. The molecule has 3 aromatic rings. The number of ether oxygens (including phenoxy) is 1. The van der Waals surface area contributed by atoms with Gasteiger partial charge < -0.3 is 15.6 Å². The molecule has 0 aromatic heterocycles. The van der Waals surface area contributed by atoms with Crippen molar-refractivity contribution in [1.82, 2.24) is 4.90 Å². The number of phenolic OH excluding ortho intramolecular Hbond substituents is 1.